The molecule has 0 radical (unpaired) electrons. The summed E-state index contributed by atoms with van der Waals surface area (Å²) in [6.45, 7) is 5.51. The lowest BCUT2D eigenvalue weighted by Crippen LogP contribution is -2.38. The van der Waals surface area contributed by atoms with Crippen LogP contribution in [-0.4, -0.2) is 11.7 Å². The molecule has 0 spiro atoms. The maximum atomic E-state index is 14.8. The van der Waals surface area contributed by atoms with E-state index in [-0.39, 0.29) is 23.1 Å². The SMILES string of the molecule is CC1=CC(c2c(F)cc(Cl)cc2-c2ccc(C(C)NC(=O)NC(C)c3ccco3)c(Cl)c2)=N1. The van der Waals surface area contributed by atoms with Crippen molar-refractivity contribution >= 4 is 34.9 Å². The lowest BCUT2D eigenvalue weighted by atomic mass is 9.93. The molecule has 0 bridgehead atoms. The molecular formula is C25H22Cl2FN3O2. The quantitative estimate of drug-likeness (QED) is 0.386. The van der Waals surface area contributed by atoms with Crippen molar-refractivity contribution in [1.29, 1.82) is 0 Å². The number of aliphatic imine (C=N–C) groups is 1. The zero-order valence-corrected chi connectivity index (χ0v) is 19.8. The van der Waals surface area contributed by atoms with Gasteiger partial charge in [-0.15, -0.1) is 0 Å². The highest BCUT2D eigenvalue weighted by Crippen LogP contribution is 2.35. The van der Waals surface area contributed by atoms with Crippen LogP contribution in [0.5, 0.6) is 0 Å². The van der Waals surface area contributed by atoms with Crippen LogP contribution in [0.1, 0.15) is 49.7 Å². The van der Waals surface area contributed by atoms with Crippen LogP contribution in [0.4, 0.5) is 9.18 Å². The third-order valence-corrected chi connectivity index (χ3v) is 5.94. The van der Waals surface area contributed by atoms with E-state index in [1.54, 1.807) is 30.5 Å². The third kappa shape index (κ3) is 4.97. The Morgan fingerprint density at radius 3 is 2.45 bits per heavy atom. The number of amides is 2. The van der Waals surface area contributed by atoms with Crippen LogP contribution in [0.3, 0.4) is 0 Å². The minimum atomic E-state index is -0.447. The number of hydrogen-bond acceptors (Lipinski definition) is 3. The fourth-order valence-electron chi connectivity index (χ4n) is 3.74. The highest BCUT2D eigenvalue weighted by atomic mass is 35.5. The van der Waals surface area contributed by atoms with E-state index in [0.29, 0.717) is 33.2 Å². The molecule has 3 aromatic rings. The number of furan rings is 1. The van der Waals surface area contributed by atoms with Crippen LogP contribution in [0.2, 0.25) is 10.0 Å². The maximum Gasteiger partial charge on any atom is 0.315 e. The number of hydrogen-bond donors (Lipinski definition) is 2. The zero-order valence-electron chi connectivity index (χ0n) is 18.2. The van der Waals surface area contributed by atoms with Crippen LogP contribution in [0, 0.1) is 5.82 Å². The largest absolute Gasteiger partial charge is 0.467 e. The second kappa shape index (κ2) is 9.41. The maximum absolute atomic E-state index is 14.8. The topological polar surface area (TPSA) is 66.6 Å². The molecule has 170 valence electrons. The molecule has 0 aliphatic carbocycles. The number of carbonyl (C=O) groups is 1. The van der Waals surface area contributed by atoms with E-state index in [1.165, 1.54) is 6.07 Å². The van der Waals surface area contributed by atoms with E-state index in [4.69, 9.17) is 27.6 Å². The van der Waals surface area contributed by atoms with Gasteiger partial charge in [0.15, 0.2) is 0 Å². The summed E-state index contributed by atoms with van der Waals surface area (Å²) in [4.78, 5) is 16.7. The lowest BCUT2D eigenvalue weighted by molar-refractivity contribution is 0.233. The van der Waals surface area contributed by atoms with Crippen LogP contribution in [-0.2, 0) is 0 Å². The van der Waals surface area contributed by atoms with Gasteiger partial charge in [-0.2, -0.15) is 0 Å². The molecule has 1 aliphatic rings. The average Bonchev–Trinajstić information content (AvgIpc) is 3.26. The van der Waals surface area contributed by atoms with Gasteiger partial charge in [-0.3, -0.25) is 4.99 Å². The molecule has 1 aromatic heterocycles. The average molecular weight is 486 g/mol. The number of allylic oxidation sites excluding steroid dienone is 2. The molecule has 5 nitrogen and oxygen atoms in total. The Morgan fingerprint density at radius 2 is 1.82 bits per heavy atom. The Hall–Kier alpha value is -3.09. The first-order valence-electron chi connectivity index (χ1n) is 10.4. The predicted octanol–water partition coefficient (Wildman–Crippen LogP) is 7.22. The van der Waals surface area contributed by atoms with Gasteiger partial charge in [0.25, 0.3) is 0 Å². The Labute approximate surface area is 201 Å². The Balaban J connectivity index is 1.54. The Kier molecular flexibility index (Phi) is 6.58. The first kappa shape index (κ1) is 23.1. The molecule has 2 unspecified atom stereocenters. The zero-order chi connectivity index (χ0) is 23.7. The van der Waals surface area contributed by atoms with Crippen molar-refractivity contribution in [2.45, 2.75) is 32.9 Å². The summed E-state index contributed by atoms with van der Waals surface area (Å²) in [5.74, 6) is 0.212. The van der Waals surface area contributed by atoms with E-state index < -0.39 is 5.82 Å². The van der Waals surface area contributed by atoms with Gasteiger partial charge in [0, 0.05) is 21.3 Å². The summed E-state index contributed by atoms with van der Waals surface area (Å²) in [7, 11) is 0. The summed E-state index contributed by atoms with van der Waals surface area (Å²) >= 11 is 12.7. The number of carbonyl (C=O) groups excluding carboxylic acids is 1. The lowest BCUT2D eigenvalue weighted by Gasteiger charge is -2.20. The van der Waals surface area contributed by atoms with Crippen molar-refractivity contribution in [2.24, 2.45) is 4.99 Å². The third-order valence-electron chi connectivity index (χ3n) is 5.40. The minimum absolute atomic E-state index is 0.282. The first-order valence-corrected chi connectivity index (χ1v) is 11.1. The number of nitrogens with zero attached hydrogens (tertiary/aromatic N) is 1. The van der Waals surface area contributed by atoms with Crippen LogP contribution in [0.15, 0.2) is 69.9 Å². The van der Waals surface area contributed by atoms with Crippen molar-refractivity contribution < 1.29 is 13.6 Å². The Morgan fingerprint density at radius 1 is 1.09 bits per heavy atom. The van der Waals surface area contributed by atoms with E-state index in [9.17, 15) is 9.18 Å². The van der Waals surface area contributed by atoms with Crippen molar-refractivity contribution in [3.05, 3.63) is 93.3 Å². The van der Waals surface area contributed by atoms with Gasteiger partial charge in [-0.1, -0.05) is 35.3 Å². The van der Waals surface area contributed by atoms with E-state index >= 15 is 0 Å². The van der Waals surface area contributed by atoms with Gasteiger partial charge >= 0.3 is 6.03 Å². The Bertz CT molecular complexity index is 1270. The molecule has 0 saturated heterocycles. The van der Waals surface area contributed by atoms with Crippen LogP contribution in [0.25, 0.3) is 11.1 Å². The summed E-state index contributed by atoms with van der Waals surface area (Å²) in [6.07, 6.45) is 3.38. The molecule has 0 fully saturated rings. The number of halogens is 3. The highest BCUT2D eigenvalue weighted by Gasteiger charge is 2.22. The summed E-state index contributed by atoms with van der Waals surface area (Å²) < 4.78 is 20.1. The van der Waals surface area contributed by atoms with Gasteiger partial charge in [-0.25, -0.2) is 9.18 Å². The molecule has 4 rings (SSSR count). The van der Waals surface area contributed by atoms with Crippen molar-refractivity contribution in [3.63, 3.8) is 0 Å². The van der Waals surface area contributed by atoms with Crippen molar-refractivity contribution in [2.75, 3.05) is 0 Å². The molecule has 2 heterocycles. The van der Waals surface area contributed by atoms with Crippen LogP contribution < -0.4 is 10.6 Å². The molecule has 8 heteroatoms. The summed E-state index contributed by atoms with van der Waals surface area (Å²) in [5, 5.41) is 6.42. The van der Waals surface area contributed by atoms with Gasteiger partial charge < -0.3 is 15.1 Å². The number of rotatable bonds is 6. The standard InChI is InChI=1S/C25H22Cl2FN3O2/c1-13-9-22(29-13)24-19(11-17(26)12-21(24)28)16-6-7-18(20(27)10-16)14(2)30-25(32)31-15(3)23-5-4-8-33-23/h4-12,14-15H,1-3H3,(H2,30,31,32). The predicted molar refractivity (Wildman–Crippen MR) is 129 cm³/mol. The fourth-order valence-corrected chi connectivity index (χ4v) is 4.29. The van der Waals surface area contributed by atoms with Gasteiger partial charge in [-0.05, 0) is 73.9 Å². The summed E-state index contributed by atoms with van der Waals surface area (Å²) in [5.41, 5.74) is 3.80. The normalized spacial score (nSPS) is 14.6. The number of urea groups is 1. The smallest absolute Gasteiger partial charge is 0.315 e. The molecule has 2 amide bonds. The van der Waals surface area contributed by atoms with Gasteiger partial charge in [0.2, 0.25) is 0 Å². The van der Waals surface area contributed by atoms with Gasteiger partial charge in [0.05, 0.1) is 24.1 Å². The molecule has 2 aromatic carbocycles. The van der Waals surface area contributed by atoms with Crippen LogP contribution >= 0.6 is 23.2 Å². The first-order chi connectivity index (χ1) is 15.7. The second-order valence-corrected chi connectivity index (χ2v) is 8.75. The molecular weight excluding hydrogens is 464 g/mol. The number of benzene rings is 2. The molecule has 1 aliphatic heterocycles. The fraction of sp³-hybridized carbons (Fsp3) is 0.200. The minimum Gasteiger partial charge on any atom is -0.467 e. The van der Waals surface area contributed by atoms with E-state index in [1.807, 2.05) is 39.0 Å². The molecule has 2 atom stereocenters. The monoisotopic (exact) mass is 485 g/mol. The molecule has 0 saturated carbocycles. The second-order valence-electron chi connectivity index (χ2n) is 7.91. The van der Waals surface area contributed by atoms with E-state index in [2.05, 4.69) is 15.6 Å². The van der Waals surface area contributed by atoms with Crippen molar-refractivity contribution in [1.82, 2.24) is 10.6 Å². The van der Waals surface area contributed by atoms with E-state index in [0.717, 1.165) is 11.3 Å². The summed E-state index contributed by atoms with van der Waals surface area (Å²) in [6, 6.07) is 10.9. The van der Waals surface area contributed by atoms with Crippen molar-refractivity contribution in [3.8, 4) is 11.1 Å². The molecule has 33 heavy (non-hydrogen) atoms. The number of nitrogens with one attached hydrogen (secondary N) is 2. The van der Waals surface area contributed by atoms with Gasteiger partial charge in [0.1, 0.15) is 11.6 Å². The molecule has 2 N–H and O–H groups in total. The highest BCUT2D eigenvalue weighted by molar-refractivity contribution is 6.32.